The van der Waals surface area contributed by atoms with Crippen molar-refractivity contribution in [1.29, 1.82) is 0 Å². The van der Waals surface area contributed by atoms with Crippen molar-refractivity contribution in [1.82, 2.24) is 9.55 Å². The molecule has 0 saturated heterocycles. The minimum Gasteiger partial charge on any atom is -0.462 e. The maximum absolute atomic E-state index is 12.8. The molecule has 0 radical (unpaired) electrons. The molecule has 0 fully saturated rings. The summed E-state index contributed by atoms with van der Waals surface area (Å²) < 4.78 is 11.5. The van der Waals surface area contributed by atoms with Gasteiger partial charge in [-0.15, -0.1) is 11.3 Å². The number of carbonyl (C=O) groups is 2. The van der Waals surface area contributed by atoms with E-state index in [2.05, 4.69) is 4.98 Å². The van der Waals surface area contributed by atoms with Crippen LogP contribution in [0.4, 0.5) is 0 Å². The monoisotopic (exact) mass is 366 g/mol. The largest absolute Gasteiger partial charge is 0.462 e. The summed E-state index contributed by atoms with van der Waals surface area (Å²) in [6.07, 6.45) is 1.79. The van der Waals surface area contributed by atoms with Crippen LogP contribution in [0.15, 0.2) is 11.1 Å². The van der Waals surface area contributed by atoms with Crippen LogP contribution in [0.3, 0.4) is 0 Å². The molecule has 2 aromatic heterocycles. The molecule has 0 aliphatic rings. The summed E-state index contributed by atoms with van der Waals surface area (Å²) in [5.41, 5.74) is 0.149. The van der Waals surface area contributed by atoms with E-state index in [0.29, 0.717) is 27.1 Å². The molecule has 0 N–H and O–H groups in total. The van der Waals surface area contributed by atoms with Crippen LogP contribution in [0.2, 0.25) is 0 Å². The predicted octanol–water partition coefficient (Wildman–Crippen LogP) is 2.85. The number of aromatic nitrogens is 2. The van der Waals surface area contributed by atoms with Crippen LogP contribution >= 0.6 is 11.3 Å². The number of rotatable bonds is 6. The minimum atomic E-state index is -0.802. The van der Waals surface area contributed by atoms with Gasteiger partial charge in [-0.25, -0.2) is 14.6 Å². The molecule has 2 atom stereocenters. The summed E-state index contributed by atoms with van der Waals surface area (Å²) >= 11 is 1.11. The lowest BCUT2D eigenvalue weighted by Crippen LogP contribution is -2.31. The summed E-state index contributed by atoms with van der Waals surface area (Å²) in [5.74, 6) is -0.964. The van der Waals surface area contributed by atoms with Crippen molar-refractivity contribution < 1.29 is 19.1 Å². The fourth-order valence-electron chi connectivity index (χ4n) is 2.30. The topological polar surface area (TPSA) is 87.5 Å². The first kappa shape index (κ1) is 19.1. The lowest BCUT2D eigenvalue weighted by molar-refractivity contribution is -0.152. The van der Waals surface area contributed by atoms with Gasteiger partial charge in [-0.1, -0.05) is 6.92 Å². The molecule has 8 heteroatoms. The summed E-state index contributed by atoms with van der Waals surface area (Å²) in [4.78, 5) is 42.1. The quantitative estimate of drug-likeness (QED) is 0.731. The Labute approximate surface area is 149 Å². The first-order valence-electron chi connectivity index (χ1n) is 8.19. The highest BCUT2D eigenvalue weighted by molar-refractivity contribution is 7.20. The third-order valence-corrected chi connectivity index (χ3v) is 5.17. The predicted molar refractivity (Wildman–Crippen MR) is 95.1 cm³/mol. The number of thiophene rings is 1. The van der Waals surface area contributed by atoms with Gasteiger partial charge in [0.2, 0.25) is 0 Å². The molecule has 0 aliphatic heterocycles. The van der Waals surface area contributed by atoms with E-state index in [1.165, 1.54) is 10.9 Å². The van der Waals surface area contributed by atoms with Crippen molar-refractivity contribution in [2.75, 3.05) is 6.61 Å². The first-order valence-corrected chi connectivity index (χ1v) is 9.01. The van der Waals surface area contributed by atoms with E-state index in [0.717, 1.165) is 11.3 Å². The molecule has 0 aliphatic carbocycles. The maximum Gasteiger partial charge on any atom is 0.348 e. The Kier molecular flexibility index (Phi) is 5.94. The van der Waals surface area contributed by atoms with E-state index < -0.39 is 18.0 Å². The van der Waals surface area contributed by atoms with Gasteiger partial charge in [0.1, 0.15) is 15.7 Å². The summed E-state index contributed by atoms with van der Waals surface area (Å²) in [6.45, 7) is 8.95. The molecule has 0 saturated carbocycles. The summed E-state index contributed by atoms with van der Waals surface area (Å²) in [5, 5.41) is 0.332. The minimum absolute atomic E-state index is 0.222. The molecule has 0 unspecified atom stereocenters. The number of fused-ring (bicyclic) bond motifs is 1. The second-order valence-corrected chi connectivity index (χ2v) is 6.74. The average Bonchev–Trinajstić information content (AvgIpc) is 2.92. The van der Waals surface area contributed by atoms with E-state index in [1.807, 2.05) is 6.92 Å². The molecule has 0 aromatic carbocycles. The Morgan fingerprint density at radius 2 is 2.00 bits per heavy atom. The Morgan fingerprint density at radius 1 is 1.32 bits per heavy atom. The Bertz CT molecular complexity index is 855. The number of hydrogen-bond acceptors (Lipinski definition) is 7. The fourth-order valence-corrected chi connectivity index (χ4v) is 3.33. The van der Waals surface area contributed by atoms with E-state index >= 15 is 0 Å². The zero-order valence-electron chi connectivity index (χ0n) is 15.0. The van der Waals surface area contributed by atoms with Gasteiger partial charge in [-0.05, 0) is 39.7 Å². The number of esters is 2. The summed E-state index contributed by atoms with van der Waals surface area (Å²) in [6, 6.07) is -0.802. The Balaban J connectivity index is 2.46. The molecule has 25 heavy (non-hydrogen) atoms. The second kappa shape index (κ2) is 7.77. The normalized spacial score (nSPS) is 13.5. The standard InChI is InChI=1S/C17H22N2O5S/c1-6-9(3)24-16(21)11(5)19-8-18-14-12(15(19)20)10(4)13(25-14)17(22)23-7-2/h8-9,11H,6-7H2,1-5H3/t9-,11+/m0/s1. The Morgan fingerprint density at radius 3 is 2.60 bits per heavy atom. The highest BCUT2D eigenvalue weighted by Crippen LogP contribution is 2.27. The van der Waals surface area contributed by atoms with Gasteiger partial charge in [0, 0.05) is 0 Å². The highest BCUT2D eigenvalue weighted by atomic mass is 32.1. The zero-order chi connectivity index (χ0) is 18.7. The van der Waals surface area contributed by atoms with Crippen molar-refractivity contribution in [2.24, 2.45) is 0 Å². The summed E-state index contributed by atoms with van der Waals surface area (Å²) in [7, 11) is 0. The van der Waals surface area contributed by atoms with Crippen LogP contribution in [-0.4, -0.2) is 34.2 Å². The van der Waals surface area contributed by atoms with Gasteiger partial charge in [0.25, 0.3) is 5.56 Å². The number of hydrogen-bond donors (Lipinski definition) is 0. The van der Waals surface area contributed by atoms with Gasteiger partial charge in [-0.3, -0.25) is 9.36 Å². The molecule has 2 rings (SSSR count). The van der Waals surface area contributed by atoms with Crippen LogP contribution in [0.25, 0.3) is 10.2 Å². The molecule has 2 aromatic rings. The van der Waals surface area contributed by atoms with E-state index in [1.54, 1.807) is 27.7 Å². The molecule has 0 amide bonds. The molecular formula is C17H22N2O5S. The molecule has 136 valence electrons. The lowest BCUT2D eigenvalue weighted by Gasteiger charge is -2.17. The molecule has 7 nitrogen and oxygen atoms in total. The van der Waals surface area contributed by atoms with E-state index in [9.17, 15) is 14.4 Å². The number of ether oxygens (including phenoxy) is 2. The number of nitrogens with zero attached hydrogens (tertiary/aromatic N) is 2. The molecule has 0 bridgehead atoms. The van der Waals surface area contributed by atoms with E-state index in [-0.39, 0.29) is 18.3 Å². The molecular weight excluding hydrogens is 344 g/mol. The van der Waals surface area contributed by atoms with Gasteiger partial charge >= 0.3 is 11.9 Å². The lowest BCUT2D eigenvalue weighted by atomic mass is 10.2. The van der Waals surface area contributed by atoms with Crippen LogP contribution < -0.4 is 5.56 Å². The van der Waals surface area contributed by atoms with Crippen molar-refractivity contribution in [2.45, 2.75) is 53.2 Å². The van der Waals surface area contributed by atoms with Crippen LogP contribution in [0, 0.1) is 6.92 Å². The van der Waals surface area contributed by atoms with Gasteiger partial charge in [0.05, 0.1) is 24.4 Å². The van der Waals surface area contributed by atoms with Gasteiger partial charge < -0.3 is 9.47 Å². The average molecular weight is 366 g/mol. The second-order valence-electron chi connectivity index (χ2n) is 5.75. The number of carbonyl (C=O) groups excluding carboxylic acids is 2. The van der Waals surface area contributed by atoms with Crippen molar-refractivity contribution >= 4 is 33.5 Å². The van der Waals surface area contributed by atoms with Crippen molar-refractivity contribution in [3.05, 3.63) is 27.1 Å². The van der Waals surface area contributed by atoms with Crippen LogP contribution in [0.5, 0.6) is 0 Å². The zero-order valence-corrected chi connectivity index (χ0v) is 15.8. The van der Waals surface area contributed by atoms with E-state index in [4.69, 9.17) is 9.47 Å². The SMILES string of the molecule is CCOC(=O)c1sc2ncn([C@H](C)C(=O)O[C@@H](C)CC)c(=O)c2c1C. The number of aryl methyl sites for hydroxylation is 1. The highest BCUT2D eigenvalue weighted by Gasteiger charge is 2.24. The molecule has 2 heterocycles. The first-order chi connectivity index (χ1) is 11.8. The van der Waals surface area contributed by atoms with Crippen LogP contribution in [0.1, 0.15) is 55.4 Å². The fraction of sp³-hybridized carbons (Fsp3) is 0.529. The van der Waals surface area contributed by atoms with Crippen LogP contribution in [-0.2, 0) is 14.3 Å². The Hall–Kier alpha value is -2.22. The van der Waals surface area contributed by atoms with Gasteiger partial charge in [0.15, 0.2) is 0 Å². The third-order valence-electron chi connectivity index (χ3n) is 3.99. The molecule has 0 spiro atoms. The third kappa shape index (κ3) is 3.73. The van der Waals surface area contributed by atoms with Gasteiger partial charge in [-0.2, -0.15) is 0 Å². The smallest absolute Gasteiger partial charge is 0.348 e. The maximum atomic E-state index is 12.8. The van der Waals surface area contributed by atoms with Crippen molar-refractivity contribution in [3.63, 3.8) is 0 Å². The van der Waals surface area contributed by atoms with Crippen molar-refractivity contribution in [3.8, 4) is 0 Å².